The second-order valence-electron chi connectivity index (χ2n) is 8.87. The molecular weight excluding hydrogens is 400 g/mol. The predicted molar refractivity (Wildman–Crippen MR) is 128 cm³/mol. The molecule has 0 N–H and O–H groups in total. The molecule has 0 bridgehead atoms. The molecule has 2 heterocycles. The number of hydrogen-bond donors (Lipinski definition) is 0. The van der Waals surface area contributed by atoms with Gasteiger partial charge in [-0.05, 0) is 44.0 Å². The molecule has 0 aliphatic carbocycles. The minimum atomic E-state index is 0.0388. The zero-order valence-corrected chi connectivity index (χ0v) is 19.9. The number of piperazine rings is 1. The van der Waals surface area contributed by atoms with E-state index in [4.69, 9.17) is 10.2 Å². The molecule has 2 aromatic rings. The normalized spacial score (nSPS) is 14.5. The van der Waals surface area contributed by atoms with Gasteiger partial charge in [0.25, 0.3) is 0 Å². The van der Waals surface area contributed by atoms with E-state index in [-0.39, 0.29) is 11.8 Å². The molecule has 0 radical (unpaired) electrons. The Labute approximate surface area is 191 Å². The van der Waals surface area contributed by atoms with E-state index in [2.05, 4.69) is 41.6 Å². The van der Waals surface area contributed by atoms with Crippen LogP contribution in [0.4, 0.5) is 11.5 Å². The minimum absolute atomic E-state index is 0.0388. The third kappa shape index (κ3) is 5.83. The SMILES string of the molecule is Cc1cc(N2CCN(CC(=O)N(CCC#N)c3ccc(C)c(C)c3)CC2)nc(C(C)C)n1. The zero-order chi connectivity index (χ0) is 23.3. The largest absolute Gasteiger partial charge is 0.354 e. The number of aromatic nitrogens is 2. The summed E-state index contributed by atoms with van der Waals surface area (Å²) in [6.45, 7) is 14.3. The van der Waals surface area contributed by atoms with Gasteiger partial charge >= 0.3 is 0 Å². The van der Waals surface area contributed by atoms with Crippen LogP contribution < -0.4 is 9.80 Å². The van der Waals surface area contributed by atoms with Crippen LogP contribution >= 0.6 is 0 Å². The number of rotatable bonds is 7. The molecule has 7 nitrogen and oxygen atoms in total. The van der Waals surface area contributed by atoms with E-state index >= 15 is 0 Å². The number of hydrogen-bond acceptors (Lipinski definition) is 6. The van der Waals surface area contributed by atoms with Crippen molar-refractivity contribution in [3.05, 3.63) is 46.9 Å². The van der Waals surface area contributed by atoms with Crippen LogP contribution in [0.15, 0.2) is 24.3 Å². The van der Waals surface area contributed by atoms with Crippen LogP contribution in [0.25, 0.3) is 0 Å². The van der Waals surface area contributed by atoms with Crippen LogP contribution in [0.2, 0.25) is 0 Å². The molecule has 7 heteroatoms. The first kappa shape index (κ1) is 23.7. The quantitative estimate of drug-likeness (QED) is 0.663. The fourth-order valence-electron chi connectivity index (χ4n) is 3.86. The first-order valence-corrected chi connectivity index (χ1v) is 11.4. The standard InChI is InChI=1S/C25H34N6O/c1-18(2)25-27-21(5)16-23(28-25)30-13-11-29(12-14-30)17-24(32)31(10-6-9-26)22-8-7-19(3)20(4)15-22/h7-8,15-16,18H,6,10-14,17H2,1-5H3. The van der Waals surface area contributed by atoms with Gasteiger partial charge in [-0.3, -0.25) is 9.69 Å². The molecule has 1 amide bonds. The van der Waals surface area contributed by atoms with Crippen molar-refractivity contribution in [3.8, 4) is 6.07 Å². The van der Waals surface area contributed by atoms with Gasteiger partial charge in [0, 0.05) is 56.1 Å². The van der Waals surface area contributed by atoms with Crippen LogP contribution in [-0.2, 0) is 4.79 Å². The van der Waals surface area contributed by atoms with Crippen molar-refractivity contribution in [2.24, 2.45) is 0 Å². The van der Waals surface area contributed by atoms with Gasteiger partial charge in [-0.15, -0.1) is 0 Å². The summed E-state index contributed by atoms with van der Waals surface area (Å²) < 4.78 is 0. The Morgan fingerprint density at radius 3 is 2.44 bits per heavy atom. The Hall–Kier alpha value is -2.98. The fourth-order valence-corrected chi connectivity index (χ4v) is 3.86. The number of nitrogens with zero attached hydrogens (tertiary/aromatic N) is 6. The number of carbonyl (C=O) groups is 1. The molecule has 1 aromatic carbocycles. The van der Waals surface area contributed by atoms with Crippen molar-refractivity contribution in [2.45, 2.75) is 47.0 Å². The topological polar surface area (TPSA) is 76.4 Å². The summed E-state index contributed by atoms with van der Waals surface area (Å²) in [5, 5.41) is 9.06. The van der Waals surface area contributed by atoms with Crippen molar-refractivity contribution < 1.29 is 4.79 Å². The van der Waals surface area contributed by atoms with Gasteiger partial charge in [-0.2, -0.15) is 5.26 Å². The van der Waals surface area contributed by atoms with Crippen molar-refractivity contribution in [3.63, 3.8) is 0 Å². The summed E-state index contributed by atoms with van der Waals surface area (Å²) in [5.41, 5.74) is 4.19. The zero-order valence-electron chi connectivity index (χ0n) is 19.9. The van der Waals surface area contributed by atoms with Crippen molar-refractivity contribution >= 4 is 17.4 Å². The molecule has 3 rings (SSSR count). The van der Waals surface area contributed by atoms with Crippen LogP contribution in [0.3, 0.4) is 0 Å². The summed E-state index contributed by atoms with van der Waals surface area (Å²) in [5.74, 6) is 2.17. The first-order chi connectivity index (χ1) is 15.3. The average molecular weight is 435 g/mol. The Bertz CT molecular complexity index is 988. The highest BCUT2D eigenvalue weighted by molar-refractivity contribution is 5.95. The summed E-state index contributed by atoms with van der Waals surface area (Å²) >= 11 is 0. The highest BCUT2D eigenvalue weighted by atomic mass is 16.2. The maximum atomic E-state index is 13.2. The third-order valence-corrected chi connectivity index (χ3v) is 5.98. The smallest absolute Gasteiger partial charge is 0.241 e. The van der Waals surface area contributed by atoms with Crippen LogP contribution in [0.1, 0.15) is 48.8 Å². The van der Waals surface area contributed by atoms with Gasteiger partial charge in [0.2, 0.25) is 5.91 Å². The Morgan fingerprint density at radius 2 is 1.81 bits per heavy atom. The molecule has 0 atom stereocenters. The van der Waals surface area contributed by atoms with E-state index in [1.807, 2.05) is 38.1 Å². The number of aryl methyl sites for hydroxylation is 3. The summed E-state index contributed by atoms with van der Waals surface area (Å²) in [6.07, 6.45) is 0.317. The van der Waals surface area contributed by atoms with Gasteiger partial charge in [-0.1, -0.05) is 19.9 Å². The van der Waals surface area contributed by atoms with Crippen molar-refractivity contribution in [2.75, 3.05) is 49.1 Å². The van der Waals surface area contributed by atoms with E-state index in [1.165, 1.54) is 5.56 Å². The van der Waals surface area contributed by atoms with Gasteiger partial charge < -0.3 is 9.80 Å². The second kappa shape index (κ2) is 10.6. The molecule has 170 valence electrons. The van der Waals surface area contributed by atoms with E-state index in [1.54, 1.807) is 4.90 Å². The molecule has 0 spiro atoms. The molecule has 1 fully saturated rings. The number of nitriles is 1. The van der Waals surface area contributed by atoms with Crippen LogP contribution in [0.5, 0.6) is 0 Å². The number of anilines is 2. The monoisotopic (exact) mass is 434 g/mol. The van der Waals surface area contributed by atoms with Gasteiger partial charge in [0.15, 0.2) is 0 Å². The Kier molecular flexibility index (Phi) is 7.81. The molecule has 1 aromatic heterocycles. The number of amides is 1. The summed E-state index contributed by atoms with van der Waals surface area (Å²) in [6, 6.07) is 10.2. The van der Waals surface area contributed by atoms with Crippen LogP contribution in [-0.4, -0.2) is 60.0 Å². The first-order valence-electron chi connectivity index (χ1n) is 11.4. The lowest BCUT2D eigenvalue weighted by Crippen LogP contribution is -2.50. The summed E-state index contributed by atoms with van der Waals surface area (Å²) in [4.78, 5) is 28.7. The number of carbonyl (C=O) groups excluding carboxylic acids is 1. The van der Waals surface area contributed by atoms with E-state index in [0.717, 1.165) is 54.8 Å². The molecule has 0 unspecified atom stereocenters. The second-order valence-corrected chi connectivity index (χ2v) is 8.87. The summed E-state index contributed by atoms with van der Waals surface area (Å²) in [7, 11) is 0. The molecule has 32 heavy (non-hydrogen) atoms. The Morgan fingerprint density at radius 1 is 1.09 bits per heavy atom. The minimum Gasteiger partial charge on any atom is -0.354 e. The van der Waals surface area contributed by atoms with Gasteiger partial charge in [0.1, 0.15) is 11.6 Å². The molecule has 0 saturated carbocycles. The maximum Gasteiger partial charge on any atom is 0.241 e. The maximum absolute atomic E-state index is 13.2. The van der Waals surface area contributed by atoms with Gasteiger partial charge in [-0.25, -0.2) is 9.97 Å². The van der Waals surface area contributed by atoms with Crippen molar-refractivity contribution in [1.29, 1.82) is 5.26 Å². The van der Waals surface area contributed by atoms with Crippen molar-refractivity contribution in [1.82, 2.24) is 14.9 Å². The lowest BCUT2D eigenvalue weighted by Gasteiger charge is -2.36. The van der Waals surface area contributed by atoms with E-state index in [0.29, 0.717) is 19.5 Å². The average Bonchev–Trinajstić information content (AvgIpc) is 2.76. The highest BCUT2D eigenvalue weighted by Crippen LogP contribution is 2.21. The Balaban J connectivity index is 1.64. The lowest BCUT2D eigenvalue weighted by atomic mass is 10.1. The molecule has 1 saturated heterocycles. The predicted octanol–water partition coefficient (Wildman–Crippen LogP) is 3.59. The fraction of sp³-hybridized carbons (Fsp3) is 0.520. The van der Waals surface area contributed by atoms with Gasteiger partial charge in [0.05, 0.1) is 19.0 Å². The van der Waals surface area contributed by atoms with Crippen LogP contribution in [0, 0.1) is 32.1 Å². The molecule has 1 aliphatic rings. The van der Waals surface area contributed by atoms with E-state index < -0.39 is 0 Å². The van der Waals surface area contributed by atoms with E-state index in [9.17, 15) is 4.79 Å². The highest BCUT2D eigenvalue weighted by Gasteiger charge is 2.24. The third-order valence-electron chi connectivity index (χ3n) is 5.98. The molecular formula is C25H34N6O. The molecule has 1 aliphatic heterocycles. The number of benzene rings is 1. The lowest BCUT2D eigenvalue weighted by molar-refractivity contribution is -0.119.